The first-order valence-corrected chi connectivity index (χ1v) is 9.37. The van der Waals surface area contributed by atoms with Crippen LogP contribution < -0.4 is 9.47 Å². The molecule has 0 aliphatic carbocycles. The third kappa shape index (κ3) is 2.86. The van der Waals surface area contributed by atoms with Gasteiger partial charge in [0.1, 0.15) is 6.10 Å². The minimum Gasteiger partial charge on any atom is -0.493 e. The second-order valence-corrected chi connectivity index (χ2v) is 7.39. The number of nitrogens with zero attached hydrogens (tertiary/aromatic N) is 1. The standard InChI is InChI=1S/C21H24ClNO3/c1-23-10-6-9-17-20(23)14-11-18(24-2)19(25-3)12-15(14)21(26-17)13-7-4-5-8-16(13)22/h4-5,7-8,11-12,17,20-21H,6,9-10H2,1-3H3/t17-,20-,21?/m1/s1. The van der Waals surface area contributed by atoms with E-state index in [2.05, 4.69) is 18.0 Å². The van der Waals surface area contributed by atoms with Gasteiger partial charge in [0.2, 0.25) is 0 Å². The highest BCUT2D eigenvalue weighted by Gasteiger charge is 2.41. The number of fused-ring (bicyclic) bond motifs is 3. The maximum absolute atomic E-state index is 6.60. The molecule has 0 aromatic heterocycles. The van der Waals surface area contributed by atoms with Crippen LogP contribution in [0.4, 0.5) is 0 Å². The van der Waals surface area contributed by atoms with Gasteiger partial charge in [0.25, 0.3) is 0 Å². The van der Waals surface area contributed by atoms with E-state index in [1.54, 1.807) is 14.2 Å². The van der Waals surface area contributed by atoms with Gasteiger partial charge >= 0.3 is 0 Å². The maximum Gasteiger partial charge on any atom is 0.161 e. The number of piperidine rings is 1. The summed E-state index contributed by atoms with van der Waals surface area (Å²) in [7, 11) is 5.50. The number of hydrogen-bond donors (Lipinski definition) is 0. The fourth-order valence-corrected chi connectivity index (χ4v) is 4.51. The van der Waals surface area contributed by atoms with Crippen LogP contribution in [-0.4, -0.2) is 38.8 Å². The van der Waals surface area contributed by atoms with E-state index in [0.717, 1.165) is 41.3 Å². The van der Waals surface area contributed by atoms with Crippen LogP contribution in [0.5, 0.6) is 11.5 Å². The first kappa shape index (κ1) is 17.7. The monoisotopic (exact) mass is 373 g/mol. The SMILES string of the molecule is COc1cc2c(cc1OC)[C@@H]1[C@@H](CCCN1C)OC2c1ccccc1Cl. The fourth-order valence-electron chi connectivity index (χ4n) is 4.27. The normalized spacial score (nSPS) is 25.3. The third-order valence-corrected chi connectivity index (χ3v) is 5.86. The number of halogens is 1. The molecule has 4 rings (SSSR count). The van der Waals surface area contributed by atoms with Crippen LogP contribution >= 0.6 is 11.6 Å². The molecular formula is C21H24ClNO3. The predicted octanol–water partition coefficient (Wildman–Crippen LogP) is 4.61. The number of likely N-dealkylation sites (N-methyl/N-ethyl adjacent to an activating group) is 1. The average molecular weight is 374 g/mol. The van der Waals surface area contributed by atoms with Gasteiger partial charge in [-0.25, -0.2) is 0 Å². The van der Waals surface area contributed by atoms with Gasteiger partial charge in [-0.1, -0.05) is 29.8 Å². The molecule has 3 atom stereocenters. The Balaban J connectivity index is 1.91. The molecule has 2 aromatic carbocycles. The summed E-state index contributed by atoms with van der Waals surface area (Å²) in [5, 5.41) is 0.723. The molecule has 0 radical (unpaired) electrons. The molecule has 0 amide bonds. The molecule has 0 N–H and O–H groups in total. The Kier molecular flexibility index (Phi) is 4.82. The molecule has 5 heteroatoms. The van der Waals surface area contributed by atoms with Crippen molar-refractivity contribution < 1.29 is 14.2 Å². The van der Waals surface area contributed by atoms with Gasteiger partial charge in [-0.2, -0.15) is 0 Å². The summed E-state index contributed by atoms with van der Waals surface area (Å²) in [5.41, 5.74) is 3.34. The molecule has 4 nitrogen and oxygen atoms in total. The lowest BCUT2D eigenvalue weighted by atomic mass is 9.83. The second kappa shape index (κ2) is 7.10. The van der Waals surface area contributed by atoms with Crippen molar-refractivity contribution in [3.63, 3.8) is 0 Å². The van der Waals surface area contributed by atoms with E-state index in [9.17, 15) is 0 Å². The van der Waals surface area contributed by atoms with Gasteiger partial charge in [0.15, 0.2) is 11.5 Å². The van der Waals surface area contributed by atoms with Crippen molar-refractivity contribution in [2.24, 2.45) is 0 Å². The zero-order valence-electron chi connectivity index (χ0n) is 15.4. The van der Waals surface area contributed by atoms with Crippen LogP contribution in [0.2, 0.25) is 5.02 Å². The van der Waals surface area contributed by atoms with Gasteiger partial charge in [-0.3, -0.25) is 4.90 Å². The first-order valence-electron chi connectivity index (χ1n) is 9.00. The molecule has 2 aliphatic heterocycles. The van der Waals surface area contributed by atoms with Gasteiger partial charge in [-0.05, 0) is 55.8 Å². The van der Waals surface area contributed by atoms with Gasteiger partial charge in [0, 0.05) is 10.6 Å². The smallest absolute Gasteiger partial charge is 0.161 e. The van der Waals surface area contributed by atoms with E-state index in [4.69, 9.17) is 25.8 Å². The van der Waals surface area contributed by atoms with E-state index >= 15 is 0 Å². The van der Waals surface area contributed by atoms with Crippen LogP contribution in [0.15, 0.2) is 36.4 Å². The Morgan fingerprint density at radius 2 is 1.73 bits per heavy atom. The first-order chi connectivity index (χ1) is 12.6. The molecule has 0 saturated carbocycles. The van der Waals surface area contributed by atoms with Gasteiger partial charge < -0.3 is 14.2 Å². The van der Waals surface area contributed by atoms with Crippen LogP contribution in [0, 0.1) is 0 Å². The lowest BCUT2D eigenvalue weighted by Gasteiger charge is -2.46. The lowest BCUT2D eigenvalue weighted by molar-refractivity contribution is -0.0793. The van der Waals surface area contributed by atoms with Gasteiger partial charge in [-0.15, -0.1) is 0 Å². The van der Waals surface area contributed by atoms with E-state index in [-0.39, 0.29) is 18.2 Å². The largest absolute Gasteiger partial charge is 0.493 e. The molecule has 2 heterocycles. The van der Waals surface area contributed by atoms with E-state index in [1.165, 1.54) is 5.56 Å². The number of likely N-dealkylation sites (tertiary alicyclic amines) is 1. The van der Waals surface area contributed by atoms with Crippen molar-refractivity contribution in [3.8, 4) is 11.5 Å². The Bertz CT molecular complexity index is 810. The van der Waals surface area contributed by atoms with Crippen LogP contribution in [0.1, 0.15) is 41.7 Å². The second-order valence-electron chi connectivity index (χ2n) is 6.98. The molecule has 2 aromatic rings. The topological polar surface area (TPSA) is 30.9 Å². The third-order valence-electron chi connectivity index (χ3n) is 5.52. The van der Waals surface area contributed by atoms with Gasteiger partial charge in [0.05, 0.1) is 26.4 Å². The molecular weight excluding hydrogens is 350 g/mol. The zero-order chi connectivity index (χ0) is 18.3. The summed E-state index contributed by atoms with van der Waals surface area (Å²) in [6.07, 6.45) is 2.12. The highest BCUT2D eigenvalue weighted by atomic mass is 35.5. The minimum atomic E-state index is -0.203. The highest BCUT2D eigenvalue weighted by molar-refractivity contribution is 6.31. The van der Waals surface area contributed by atoms with Crippen molar-refractivity contribution in [2.45, 2.75) is 31.1 Å². The number of ether oxygens (including phenoxy) is 3. The molecule has 1 unspecified atom stereocenters. The molecule has 138 valence electrons. The highest BCUT2D eigenvalue weighted by Crippen LogP contribution is 2.49. The van der Waals surface area contributed by atoms with Crippen molar-refractivity contribution in [3.05, 3.63) is 58.1 Å². The molecule has 2 aliphatic rings. The average Bonchev–Trinajstić information content (AvgIpc) is 2.66. The van der Waals surface area contributed by atoms with Crippen molar-refractivity contribution in [2.75, 3.05) is 27.8 Å². The van der Waals surface area contributed by atoms with Crippen LogP contribution in [0.25, 0.3) is 0 Å². The van der Waals surface area contributed by atoms with Crippen molar-refractivity contribution >= 4 is 11.6 Å². The number of benzene rings is 2. The Labute approximate surface area is 159 Å². The summed E-state index contributed by atoms with van der Waals surface area (Å²) >= 11 is 6.51. The van der Waals surface area contributed by atoms with Crippen molar-refractivity contribution in [1.82, 2.24) is 4.90 Å². The van der Waals surface area contributed by atoms with Crippen LogP contribution in [0.3, 0.4) is 0 Å². The number of rotatable bonds is 3. The minimum absolute atomic E-state index is 0.139. The van der Waals surface area contributed by atoms with E-state index in [1.807, 2.05) is 30.3 Å². The Morgan fingerprint density at radius 3 is 2.42 bits per heavy atom. The quantitative estimate of drug-likeness (QED) is 0.786. The Morgan fingerprint density at radius 1 is 1.04 bits per heavy atom. The maximum atomic E-state index is 6.60. The summed E-state index contributed by atoms with van der Waals surface area (Å²) in [6, 6.07) is 12.3. The molecule has 1 fully saturated rings. The number of methoxy groups -OCH3 is 2. The molecule has 26 heavy (non-hydrogen) atoms. The number of hydrogen-bond acceptors (Lipinski definition) is 4. The fraction of sp³-hybridized carbons (Fsp3) is 0.429. The van der Waals surface area contributed by atoms with Crippen LogP contribution in [-0.2, 0) is 4.74 Å². The lowest BCUT2D eigenvalue weighted by Crippen LogP contribution is -2.44. The summed E-state index contributed by atoms with van der Waals surface area (Å²) in [6.45, 7) is 1.06. The van der Waals surface area contributed by atoms with E-state index < -0.39 is 0 Å². The molecule has 1 saturated heterocycles. The zero-order valence-corrected chi connectivity index (χ0v) is 16.1. The molecule has 0 spiro atoms. The summed E-state index contributed by atoms with van der Waals surface area (Å²) in [5.74, 6) is 1.47. The predicted molar refractivity (Wildman–Crippen MR) is 102 cm³/mol. The van der Waals surface area contributed by atoms with Crippen molar-refractivity contribution in [1.29, 1.82) is 0 Å². The van der Waals surface area contributed by atoms with E-state index in [0.29, 0.717) is 5.75 Å². The summed E-state index contributed by atoms with van der Waals surface area (Å²) in [4.78, 5) is 2.38. The molecule has 0 bridgehead atoms. The summed E-state index contributed by atoms with van der Waals surface area (Å²) < 4.78 is 17.7. The Hall–Kier alpha value is -1.75.